The highest BCUT2D eigenvalue weighted by atomic mass is 32.2. The molecule has 0 saturated heterocycles. The largest absolute Gasteiger partial charge is 0.456 e. The van der Waals surface area contributed by atoms with Crippen molar-refractivity contribution in [2.24, 2.45) is 10.1 Å². The second-order valence-electron chi connectivity index (χ2n) is 7.15. The van der Waals surface area contributed by atoms with Crippen LogP contribution in [-0.4, -0.2) is 26.8 Å². The molecule has 33 heavy (non-hydrogen) atoms. The van der Waals surface area contributed by atoms with Crippen LogP contribution in [0.15, 0.2) is 87.8 Å². The summed E-state index contributed by atoms with van der Waals surface area (Å²) in [5, 5.41) is 22.1. The Morgan fingerprint density at radius 1 is 1.18 bits per heavy atom. The van der Waals surface area contributed by atoms with Crippen molar-refractivity contribution in [2.75, 3.05) is 5.75 Å². The average molecular weight is 459 g/mol. The molecular weight excluding hydrogens is 442 g/mol. The average Bonchev–Trinajstić information content (AvgIpc) is 3.32. The number of hydrogen-bond donors (Lipinski definition) is 1. The minimum Gasteiger partial charge on any atom is -0.456 e. The number of fused-ring (bicyclic) bond motifs is 2. The summed E-state index contributed by atoms with van der Waals surface area (Å²) >= 11 is 1.34. The number of carbonyl (C=O) groups is 1. The number of thioether (sulfide) groups is 1. The molecule has 1 amide bonds. The first-order valence-corrected chi connectivity index (χ1v) is 11.0. The van der Waals surface area contributed by atoms with Gasteiger partial charge in [-0.25, -0.2) is 10.0 Å². The second-order valence-corrected chi connectivity index (χ2v) is 8.16. The number of nitrogens with one attached hydrogen (secondary N) is 1. The summed E-state index contributed by atoms with van der Waals surface area (Å²) in [6.07, 6.45) is 0.967. The van der Waals surface area contributed by atoms with E-state index in [0.717, 1.165) is 0 Å². The highest BCUT2D eigenvalue weighted by Gasteiger charge is 2.36. The highest BCUT2D eigenvalue weighted by Crippen LogP contribution is 2.36. The van der Waals surface area contributed by atoms with Crippen molar-refractivity contribution in [1.82, 2.24) is 10.3 Å². The summed E-state index contributed by atoms with van der Waals surface area (Å²) in [6.45, 7) is 3.70. The van der Waals surface area contributed by atoms with Crippen LogP contribution in [0.3, 0.4) is 0 Å². The fraction of sp³-hybridized carbons (Fsp3) is 0.0870. The Hall–Kier alpha value is -4.18. The van der Waals surface area contributed by atoms with Crippen molar-refractivity contribution in [3.63, 3.8) is 0 Å². The van der Waals surface area contributed by atoms with E-state index in [0.29, 0.717) is 44.3 Å². The lowest BCUT2D eigenvalue weighted by Gasteiger charge is -2.32. The van der Waals surface area contributed by atoms with Crippen LogP contribution < -0.4 is 15.9 Å². The molecule has 9 nitrogen and oxygen atoms in total. The van der Waals surface area contributed by atoms with E-state index < -0.39 is 11.1 Å². The number of benzene rings is 2. The monoisotopic (exact) mass is 459 g/mol. The third kappa shape index (κ3) is 3.70. The number of para-hydroxylation sites is 2. The maximum atomic E-state index is 13.0. The quantitative estimate of drug-likeness (QED) is 0.357. The zero-order valence-electron chi connectivity index (χ0n) is 17.2. The molecule has 0 radical (unpaired) electrons. The lowest BCUT2D eigenvalue weighted by atomic mass is 10.1. The zero-order chi connectivity index (χ0) is 22.9. The smallest absolute Gasteiger partial charge is 0.280 e. The molecule has 0 aliphatic carbocycles. The third-order valence-electron chi connectivity index (χ3n) is 5.10. The number of hydrazone groups is 1. The highest BCUT2D eigenvalue weighted by molar-refractivity contribution is 8.14. The van der Waals surface area contributed by atoms with E-state index in [1.807, 2.05) is 24.3 Å². The molecule has 2 aliphatic heterocycles. The van der Waals surface area contributed by atoms with Gasteiger partial charge in [0.1, 0.15) is 11.5 Å². The van der Waals surface area contributed by atoms with Crippen molar-refractivity contribution in [1.29, 1.82) is 0 Å². The molecule has 0 fully saturated rings. The normalized spacial score (nSPS) is 16.8. The van der Waals surface area contributed by atoms with Gasteiger partial charge in [-0.1, -0.05) is 48.2 Å². The number of hydrogen-bond acceptors (Lipinski definition) is 8. The Kier molecular flexibility index (Phi) is 5.27. The summed E-state index contributed by atoms with van der Waals surface area (Å²) in [5.74, 6) is 1.01. The Bertz CT molecular complexity index is 1440. The zero-order valence-corrected chi connectivity index (χ0v) is 18.0. The van der Waals surface area contributed by atoms with Crippen LogP contribution in [-0.2, 0) is 4.79 Å². The molecule has 0 bridgehead atoms. The Morgan fingerprint density at radius 2 is 1.97 bits per heavy atom. The predicted molar refractivity (Wildman–Crippen MR) is 124 cm³/mol. The molecule has 2 aliphatic rings. The molecule has 0 unspecified atom stereocenters. The summed E-state index contributed by atoms with van der Waals surface area (Å²) in [6, 6.07) is 17.0. The first kappa shape index (κ1) is 20.7. The van der Waals surface area contributed by atoms with Crippen LogP contribution in [0.4, 0.5) is 5.69 Å². The first-order chi connectivity index (χ1) is 16.1. The minimum atomic E-state index is -0.753. The number of nitrogens with zero attached hydrogens (tertiary/aromatic N) is 4. The van der Waals surface area contributed by atoms with Crippen molar-refractivity contribution in [2.45, 2.75) is 6.17 Å². The molecule has 2 aromatic carbocycles. The predicted octanol–water partition coefficient (Wildman–Crippen LogP) is 2.92. The molecule has 1 aromatic heterocycles. The molecule has 3 aromatic rings. The number of amides is 1. The van der Waals surface area contributed by atoms with Gasteiger partial charge in [-0.15, -0.1) is 11.7 Å². The summed E-state index contributed by atoms with van der Waals surface area (Å²) < 4.78 is 6.04. The SMILES string of the molecule is C=CCSC1=NN2C(=c3ccccc3=N[C@@H]2c2ccc(-c3ccccc3[N+](=O)[O-])o2)C(=O)N1. The summed E-state index contributed by atoms with van der Waals surface area (Å²) in [5.41, 5.74) is 0.656. The van der Waals surface area contributed by atoms with E-state index in [9.17, 15) is 14.9 Å². The molecule has 10 heteroatoms. The van der Waals surface area contributed by atoms with Crippen LogP contribution in [0.2, 0.25) is 0 Å². The van der Waals surface area contributed by atoms with Crippen molar-refractivity contribution < 1.29 is 14.1 Å². The van der Waals surface area contributed by atoms with Crippen LogP contribution in [0.25, 0.3) is 17.0 Å². The maximum Gasteiger partial charge on any atom is 0.280 e. The molecule has 0 saturated carbocycles. The van der Waals surface area contributed by atoms with E-state index in [-0.39, 0.29) is 11.6 Å². The van der Waals surface area contributed by atoms with Crippen LogP contribution in [0.1, 0.15) is 11.9 Å². The summed E-state index contributed by atoms with van der Waals surface area (Å²) in [7, 11) is 0. The van der Waals surface area contributed by atoms with Gasteiger partial charge < -0.3 is 4.42 Å². The van der Waals surface area contributed by atoms with Crippen LogP contribution in [0, 0.1) is 10.1 Å². The fourth-order valence-corrected chi connectivity index (χ4v) is 4.28. The Balaban J connectivity index is 1.63. The first-order valence-electron chi connectivity index (χ1n) is 10.0. The third-order valence-corrected chi connectivity index (χ3v) is 5.96. The van der Waals surface area contributed by atoms with Gasteiger partial charge in [0.2, 0.25) is 6.17 Å². The van der Waals surface area contributed by atoms with Gasteiger partial charge in [-0.2, -0.15) is 0 Å². The minimum absolute atomic E-state index is 0.0601. The maximum absolute atomic E-state index is 13.0. The van der Waals surface area contributed by atoms with Gasteiger partial charge in [-0.3, -0.25) is 20.2 Å². The number of nitro groups is 1. The van der Waals surface area contributed by atoms with Crippen LogP contribution in [0.5, 0.6) is 0 Å². The fourth-order valence-electron chi connectivity index (χ4n) is 3.69. The van der Waals surface area contributed by atoms with Gasteiger partial charge in [0.25, 0.3) is 11.6 Å². The van der Waals surface area contributed by atoms with Crippen LogP contribution >= 0.6 is 11.8 Å². The molecule has 1 N–H and O–H groups in total. The van der Waals surface area contributed by atoms with Gasteiger partial charge in [0, 0.05) is 17.0 Å². The molecule has 5 rings (SSSR count). The van der Waals surface area contributed by atoms with E-state index >= 15 is 0 Å². The van der Waals surface area contributed by atoms with Crippen molar-refractivity contribution >= 4 is 34.2 Å². The van der Waals surface area contributed by atoms with Gasteiger partial charge >= 0.3 is 0 Å². The van der Waals surface area contributed by atoms with E-state index in [1.54, 1.807) is 36.4 Å². The molecule has 164 valence electrons. The second kappa shape index (κ2) is 8.40. The topological polar surface area (TPSA) is 113 Å². The number of nitro benzene ring substituents is 1. The van der Waals surface area contributed by atoms with Gasteiger partial charge in [0.15, 0.2) is 10.9 Å². The Labute approximate surface area is 192 Å². The lowest BCUT2D eigenvalue weighted by Crippen LogP contribution is -2.50. The Morgan fingerprint density at radius 3 is 2.79 bits per heavy atom. The molecule has 1 atom stereocenters. The van der Waals surface area contributed by atoms with E-state index in [1.165, 1.54) is 22.8 Å². The van der Waals surface area contributed by atoms with Crippen molar-refractivity contribution in [3.8, 4) is 11.3 Å². The lowest BCUT2D eigenvalue weighted by molar-refractivity contribution is -0.384. The van der Waals surface area contributed by atoms with Gasteiger partial charge in [-0.05, 0) is 24.3 Å². The standard InChI is InChI=1S/C23H17N5O4S/c1-2-13-33-23-25-22(29)20-14-7-3-5-9-16(14)24-21(27(20)26-23)19-12-11-18(32-19)15-8-4-6-10-17(15)28(30)31/h2-12,21H,1,13H2,(H,25,26,29)/t21-/m0/s1. The number of rotatable bonds is 5. The number of carbonyl (C=O) groups excluding carboxylic acids is 1. The van der Waals surface area contributed by atoms with Gasteiger partial charge in [0.05, 0.1) is 15.8 Å². The molecular formula is C23H17N5O4S. The number of furan rings is 1. The number of amidine groups is 1. The molecule has 3 heterocycles. The molecule has 0 spiro atoms. The summed E-state index contributed by atoms with van der Waals surface area (Å²) in [4.78, 5) is 28.8. The van der Waals surface area contributed by atoms with E-state index in [2.05, 4.69) is 17.0 Å². The van der Waals surface area contributed by atoms with E-state index in [4.69, 9.17) is 9.41 Å². The van der Waals surface area contributed by atoms with Crippen molar-refractivity contribution in [3.05, 3.63) is 99.8 Å².